The maximum atomic E-state index is 12.0. The molecule has 0 aliphatic rings. The molecule has 2 amide bonds. The number of carbonyl (C=O) groups is 2. The van der Waals surface area contributed by atoms with Crippen LogP contribution in [-0.4, -0.2) is 43.5 Å². The zero-order valence-corrected chi connectivity index (χ0v) is 12.5. The van der Waals surface area contributed by atoms with E-state index in [4.69, 9.17) is 5.53 Å². The Morgan fingerprint density at radius 1 is 1.20 bits per heavy atom. The van der Waals surface area contributed by atoms with E-state index in [0.717, 1.165) is 0 Å². The van der Waals surface area contributed by atoms with Gasteiger partial charge < -0.3 is 16.0 Å². The summed E-state index contributed by atoms with van der Waals surface area (Å²) in [7, 11) is 0. The monoisotopic (exact) mass is 284 g/mol. The Labute approximate surface area is 119 Å². The smallest absolute Gasteiger partial charge is 0.314 e. The Balaban J connectivity index is 4.21. The van der Waals surface area contributed by atoms with Crippen LogP contribution in [0.15, 0.2) is 5.11 Å². The van der Waals surface area contributed by atoms with E-state index in [1.54, 1.807) is 0 Å². The molecule has 0 unspecified atom stereocenters. The van der Waals surface area contributed by atoms with Crippen molar-refractivity contribution in [1.29, 1.82) is 0 Å². The minimum Gasteiger partial charge on any atom is -0.338 e. The summed E-state index contributed by atoms with van der Waals surface area (Å²) in [5.41, 5.74) is 8.09. The van der Waals surface area contributed by atoms with Gasteiger partial charge in [-0.15, -0.1) is 0 Å². The lowest BCUT2D eigenvalue weighted by molar-refractivity contribution is -0.124. The summed E-state index contributed by atoms with van der Waals surface area (Å²) in [5.74, 6) is -0.0332. The molecule has 0 spiro atoms. The molecule has 0 bridgehead atoms. The molecule has 1 atom stereocenters. The highest BCUT2D eigenvalue weighted by atomic mass is 16.2. The van der Waals surface area contributed by atoms with Crippen LogP contribution in [0.2, 0.25) is 0 Å². The van der Waals surface area contributed by atoms with Crippen LogP contribution >= 0.6 is 0 Å². The lowest BCUT2D eigenvalue weighted by Crippen LogP contribution is -2.51. The van der Waals surface area contributed by atoms with Gasteiger partial charge in [0.2, 0.25) is 0 Å². The summed E-state index contributed by atoms with van der Waals surface area (Å²) < 4.78 is 0. The molecule has 0 aromatic heterocycles. The molecule has 0 radical (unpaired) electrons. The van der Waals surface area contributed by atoms with E-state index in [1.165, 1.54) is 0 Å². The van der Waals surface area contributed by atoms with Gasteiger partial charge in [-0.1, -0.05) is 32.8 Å². The van der Waals surface area contributed by atoms with Crippen LogP contribution in [0.3, 0.4) is 0 Å². The fourth-order valence-electron chi connectivity index (χ4n) is 1.57. The number of nitrogens with one attached hydrogen (secondary N) is 3. The average Bonchev–Trinajstić information content (AvgIpc) is 2.38. The number of hydrogen-bond donors (Lipinski definition) is 3. The molecule has 0 aliphatic heterocycles. The third kappa shape index (κ3) is 8.34. The second kappa shape index (κ2) is 10.1. The number of ketones is 1. The number of amides is 2. The maximum Gasteiger partial charge on any atom is 0.314 e. The van der Waals surface area contributed by atoms with Crippen molar-refractivity contribution < 1.29 is 9.59 Å². The van der Waals surface area contributed by atoms with Crippen LogP contribution in [0.1, 0.15) is 27.7 Å². The average molecular weight is 284 g/mol. The quantitative estimate of drug-likeness (QED) is 0.255. The van der Waals surface area contributed by atoms with Crippen molar-refractivity contribution in [2.75, 3.05) is 19.6 Å². The summed E-state index contributed by atoms with van der Waals surface area (Å²) >= 11 is 0. The molecule has 0 aromatic carbocycles. The van der Waals surface area contributed by atoms with Crippen LogP contribution in [0.25, 0.3) is 10.4 Å². The maximum absolute atomic E-state index is 12.0. The minimum atomic E-state index is -0.405. The summed E-state index contributed by atoms with van der Waals surface area (Å²) in [5, 5.41) is 11.6. The molecule has 0 aliphatic carbocycles. The number of azide groups is 1. The largest absolute Gasteiger partial charge is 0.338 e. The number of nitrogens with zero attached hydrogens (tertiary/aromatic N) is 3. The third-order valence-electron chi connectivity index (χ3n) is 2.47. The summed E-state index contributed by atoms with van der Waals surface area (Å²) in [6.45, 7) is 8.23. The van der Waals surface area contributed by atoms with Crippen LogP contribution in [0, 0.1) is 5.92 Å². The second-order valence-corrected chi connectivity index (χ2v) is 5.02. The van der Waals surface area contributed by atoms with Gasteiger partial charge in [0.1, 0.15) is 0 Å². The van der Waals surface area contributed by atoms with E-state index in [1.807, 2.05) is 27.7 Å². The van der Waals surface area contributed by atoms with E-state index in [0.29, 0.717) is 0 Å². The van der Waals surface area contributed by atoms with Gasteiger partial charge in [0.05, 0.1) is 6.04 Å². The second-order valence-electron chi connectivity index (χ2n) is 5.02. The molecule has 3 N–H and O–H groups in total. The molecular formula is C12H24N6O2. The van der Waals surface area contributed by atoms with E-state index < -0.39 is 6.04 Å². The Bertz CT molecular complexity index is 363. The molecule has 0 saturated carbocycles. The standard InChI is InChI=1S/C12H24N6O2/c1-8(2)11(19)10(17-9(3)4)7-15-12(20)14-5-6-16-18-13/h8-10,17H,5-7H2,1-4H3,(H2,14,15,20)/t10-/m0/s1. The first-order valence-electron chi connectivity index (χ1n) is 6.70. The Morgan fingerprint density at radius 2 is 1.85 bits per heavy atom. The molecule has 8 nitrogen and oxygen atoms in total. The molecule has 114 valence electrons. The minimum absolute atomic E-state index is 0.0630. The topological polar surface area (TPSA) is 119 Å². The van der Waals surface area contributed by atoms with Gasteiger partial charge in [-0.3, -0.25) is 4.79 Å². The fraction of sp³-hybridized carbons (Fsp3) is 0.833. The van der Waals surface area contributed by atoms with Crippen molar-refractivity contribution in [2.24, 2.45) is 11.0 Å². The summed E-state index contributed by atoms with van der Waals surface area (Å²) in [6, 6.07) is -0.638. The highest BCUT2D eigenvalue weighted by Gasteiger charge is 2.22. The van der Waals surface area contributed by atoms with E-state index in [2.05, 4.69) is 26.0 Å². The Kier molecular flexibility index (Phi) is 9.15. The van der Waals surface area contributed by atoms with E-state index >= 15 is 0 Å². The van der Waals surface area contributed by atoms with Gasteiger partial charge >= 0.3 is 6.03 Å². The van der Waals surface area contributed by atoms with Gasteiger partial charge in [0.15, 0.2) is 5.78 Å². The zero-order chi connectivity index (χ0) is 15.5. The SMILES string of the molecule is CC(C)N[C@@H](CNC(=O)NCCN=[N+]=[N-])C(=O)C(C)C. The van der Waals surface area contributed by atoms with Gasteiger partial charge in [0.25, 0.3) is 0 Å². The first-order chi connectivity index (χ1) is 9.38. The van der Waals surface area contributed by atoms with Gasteiger partial charge in [0, 0.05) is 36.5 Å². The van der Waals surface area contributed by atoms with E-state index in [-0.39, 0.29) is 43.4 Å². The molecule has 0 aromatic rings. The fourth-order valence-corrected chi connectivity index (χ4v) is 1.57. The van der Waals surface area contributed by atoms with Crippen LogP contribution in [0.5, 0.6) is 0 Å². The lowest BCUT2D eigenvalue weighted by atomic mass is 10.0. The summed E-state index contributed by atoms with van der Waals surface area (Å²) in [4.78, 5) is 26.1. The van der Waals surface area contributed by atoms with Crippen molar-refractivity contribution in [2.45, 2.75) is 39.8 Å². The normalized spacial score (nSPS) is 11.9. The first-order valence-corrected chi connectivity index (χ1v) is 6.70. The van der Waals surface area contributed by atoms with Crippen molar-refractivity contribution >= 4 is 11.8 Å². The number of Topliss-reactive ketones (excluding diaryl/α,β-unsaturated/α-hetero) is 1. The van der Waals surface area contributed by atoms with Crippen molar-refractivity contribution in [3.63, 3.8) is 0 Å². The number of carbonyl (C=O) groups excluding carboxylic acids is 2. The Morgan fingerprint density at radius 3 is 2.35 bits per heavy atom. The third-order valence-corrected chi connectivity index (χ3v) is 2.47. The molecular weight excluding hydrogens is 260 g/mol. The molecule has 0 rings (SSSR count). The van der Waals surface area contributed by atoms with Crippen LogP contribution < -0.4 is 16.0 Å². The highest BCUT2D eigenvalue weighted by molar-refractivity contribution is 5.86. The summed E-state index contributed by atoms with van der Waals surface area (Å²) in [6.07, 6.45) is 0. The molecule has 0 heterocycles. The predicted molar refractivity (Wildman–Crippen MR) is 77.3 cm³/mol. The first kappa shape index (κ1) is 18.2. The van der Waals surface area contributed by atoms with Crippen LogP contribution in [0.4, 0.5) is 4.79 Å². The number of hydrogen-bond acceptors (Lipinski definition) is 4. The molecule has 0 saturated heterocycles. The number of urea groups is 1. The van der Waals surface area contributed by atoms with Gasteiger partial charge in [-0.2, -0.15) is 0 Å². The van der Waals surface area contributed by atoms with Crippen LogP contribution in [-0.2, 0) is 4.79 Å². The molecule has 0 fully saturated rings. The van der Waals surface area contributed by atoms with Crippen molar-refractivity contribution in [1.82, 2.24) is 16.0 Å². The van der Waals surface area contributed by atoms with Crippen molar-refractivity contribution in [3.8, 4) is 0 Å². The van der Waals surface area contributed by atoms with Gasteiger partial charge in [-0.05, 0) is 5.53 Å². The zero-order valence-electron chi connectivity index (χ0n) is 12.5. The highest BCUT2D eigenvalue weighted by Crippen LogP contribution is 2.00. The van der Waals surface area contributed by atoms with Crippen molar-refractivity contribution in [3.05, 3.63) is 10.4 Å². The molecule has 20 heavy (non-hydrogen) atoms. The van der Waals surface area contributed by atoms with E-state index in [9.17, 15) is 9.59 Å². The Hall–Kier alpha value is -1.79. The number of rotatable bonds is 9. The van der Waals surface area contributed by atoms with Gasteiger partial charge in [-0.25, -0.2) is 4.79 Å². The predicted octanol–water partition coefficient (Wildman–Crippen LogP) is 1.19. The lowest BCUT2D eigenvalue weighted by Gasteiger charge is -2.22. The molecule has 8 heteroatoms.